The molecule has 0 aliphatic rings. The van der Waals surface area contributed by atoms with Crippen LogP contribution in [0.5, 0.6) is 5.75 Å². The molecule has 0 radical (unpaired) electrons. The van der Waals surface area contributed by atoms with Gasteiger partial charge in [0.1, 0.15) is 12.3 Å². The molecule has 1 heterocycles. The van der Waals surface area contributed by atoms with Crippen LogP contribution >= 0.6 is 15.9 Å². The first-order valence-corrected chi connectivity index (χ1v) is 6.69. The van der Waals surface area contributed by atoms with Gasteiger partial charge in [-0.15, -0.1) is 0 Å². The third-order valence-corrected chi connectivity index (χ3v) is 4.14. The standard InChI is InChI=1S/C14H15BrN2O2/c1-9-14(15)10(2)17(16-9)8-12(18)11-6-4-5-7-13(11)19-3/h4-7H,8H2,1-3H3. The Morgan fingerprint density at radius 3 is 2.63 bits per heavy atom. The molecule has 0 N–H and O–H groups in total. The lowest BCUT2D eigenvalue weighted by Crippen LogP contribution is -2.14. The number of methoxy groups -OCH3 is 1. The number of aromatic nitrogens is 2. The van der Waals surface area contributed by atoms with Crippen LogP contribution < -0.4 is 4.74 Å². The van der Waals surface area contributed by atoms with Crippen molar-refractivity contribution in [2.75, 3.05) is 7.11 Å². The number of Topliss-reactive ketones (excluding diaryl/α,β-unsaturated/α-hetero) is 1. The minimum atomic E-state index is -0.0180. The number of para-hydroxylation sites is 1. The third kappa shape index (κ3) is 2.71. The highest BCUT2D eigenvalue weighted by Crippen LogP contribution is 2.22. The average molecular weight is 323 g/mol. The van der Waals surface area contributed by atoms with Crippen LogP contribution in [0.15, 0.2) is 28.7 Å². The van der Waals surface area contributed by atoms with Crippen LogP contribution in [0.3, 0.4) is 0 Å². The van der Waals surface area contributed by atoms with Crippen molar-refractivity contribution in [3.8, 4) is 5.75 Å². The molecule has 0 fully saturated rings. The van der Waals surface area contributed by atoms with Crippen molar-refractivity contribution in [2.45, 2.75) is 20.4 Å². The maximum atomic E-state index is 12.3. The first-order valence-electron chi connectivity index (χ1n) is 5.90. The average Bonchev–Trinajstić information content (AvgIpc) is 2.66. The Balaban J connectivity index is 2.28. The van der Waals surface area contributed by atoms with Crippen LogP contribution in [0.1, 0.15) is 21.7 Å². The molecule has 1 aromatic heterocycles. The molecule has 0 bridgehead atoms. The van der Waals surface area contributed by atoms with Gasteiger partial charge in [-0.3, -0.25) is 9.48 Å². The van der Waals surface area contributed by atoms with E-state index in [1.807, 2.05) is 26.0 Å². The maximum absolute atomic E-state index is 12.3. The van der Waals surface area contributed by atoms with Gasteiger partial charge in [0.25, 0.3) is 0 Å². The molecule has 1 aromatic carbocycles. The van der Waals surface area contributed by atoms with Crippen molar-refractivity contribution in [2.24, 2.45) is 0 Å². The number of benzene rings is 1. The molecule has 0 amide bonds. The van der Waals surface area contributed by atoms with Crippen LogP contribution in [0.4, 0.5) is 0 Å². The molecule has 5 heteroatoms. The number of hydrogen-bond acceptors (Lipinski definition) is 3. The molecular weight excluding hydrogens is 308 g/mol. The van der Waals surface area contributed by atoms with E-state index in [1.165, 1.54) is 0 Å². The molecular formula is C14H15BrN2O2. The van der Waals surface area contributed by atoms with E-state index in [0.29, 0.717) is 11.3 Å². The van der Waals surface area contributed by atoms with E-state index in [-0.39, 0.29) is 12.3 Å². The van der Waals surface area contributed by atoms with E-state index >= 15 is 0 Å². The summed E-state index contributed by atoms with van der Waals surface area (Å²) in [6.07, 6.45) is 0. The van der Waals surface area contributed by atoms with Crippen LogP contribution in [0.2, 0.25) is 0 Å². The molecule has 0 saturated heterocycles. The van der Waals surface area contributed by atoms with Crippen LogP contribution in [0.25, 0.3) is 0 Å². The van der Waals surface area contributed by atoms with Gasteiger partial charge in [-0.1, -0.05) is 12.1 Å². The van der Waals surface area contributed by atoms with Crippen molar-refractivity contribution in [3.05, 3.63) is 45.7 Å². The molecule has 0 unspecified atom stereocenters. The van der Waals surface area contributed by atoms with E-state index in [2.05, 4.69) is 21.0 Å². The van der Waals surface area contributed by atoms with Gasteiger partial charge in [-0.2, -0.15) is 5.10 Å². The minimum Gasteiger partial charge on any atom is -0.496 e. The van der Waals surface area contributed by atoms with Gasteiger partial charge in [-0.25, -0.2) is 0 Å². The highest BCUT2D eigenvalue weighted by atomic mass is 79.9. The number of rotatable bonds is 4. The molecule has 2 aromatic rings. The normalized spacial score (nSPS) is 10.5. The number of nitrogens with zero attached hydrogens (tertiary/aromatic N) is 2. The SMILES string of the molecule is COc1ccccc1C(=O)Cn1nc(C)c(Br)c1C. The molecule has 0 atom stereocenters. The van der Waals surface area contributed by atoms with Gasteiger partial charge in [0, 0.05) is 0 Å². The Hall–Kier alpha value is -1.62. The predicted octanol–water partition coefficient (Wildman–Crippen LogP) is 3.15. The fraction of sp³-hybridized carbons (Fsp3) is 0.286. The second-order valence-electron chi connectivity index (χ2n) is 4.27. The van der Waals surface area contributed by atoms with Crippen molar-refractivity contribution in [1.29, 1.82) is 0 Å². The lowest BCUT2D eigenvalue weighted by atomic mass is 10.1. The minimum absolute atomic E-state index is 0.0180. The van der Waals surface area contributed by atoms with Crippen molar-refractivity contribution >= 4 is 21.7 Å². The van der Waals surface area contributed by atoms with Crippen LogP contribution in [-0.4, -0.2) is 22.7 Å². The highest BCUT2D eigenvalue weighted by Gasteiger charge is 2.15. The number of carbonyl (C=O) groups is 1. The summed E-state index contributed by atoms with van der Waals surface area (Å²) in [4.78, 5) is 12.3. The molecule has 100 valence electrons. The number of carbonyl (C=O) groups excluding carboxylic acids is 1. The van der Waals surface area contributed by atoms with E-state index in [9.17, 15) is 4.79 Å². The monoisotopic (exact) mass is 322 g/mol. The Labute approximate surface area is 120 Å². The second kappa shape index (κ2) is 5.57. The quantitative estimate of drug-likeness (QED) is 0.812. The van der Waals surface area contributed by atoms with Crippen molar-refractivity contribution < 1.29 is 9.53 Å². The summed E-state index contributed by atoms with van der Waals surface area (Å²) in [6.45, 7) is 4.04. The Morgan fingerprint density at radius 1 is 1.37 bits per heavy atom. The fourth-order valence-electron chi connectivity index (χ4n) is 1.93. The van der Waals surface area contributed by atoms with Crippen molar-refractivity contribution in [1.82, 2.24) is 9.78 Å². The molecule has 0 aliphatic heterocycles. The topological polar surface area (TPSA) is 44.1 Å². The largest absolute Gasteiger partial charge is 0.496 e. The first kappa shape index (κ1) is 13.8. The summed E-state index contributed by atoms with van der Waals surface area (Å²) >= 11 is 3.45. The highest BCUT2D eigenvalue weighted by molar-refractivity contribution is 9.10. The molecule has 4 nitrogen and oxygen atoms in total. The zero-order chi connectivity index (χ0) is 14.0. The first-order chi connectivity index (χ1) is 9.04. The molecule has 2 rings (SSSR count). The second-order valence-corrected chi connectivity index (χ2v) is 5.06. The Morgan fingerprint density at radius 2 is 2.05 bits per heavy atom. The smallest absolute Gasteiger partial charge is 0.187 e. The number of ether oxygens (including phenoxy) is 1. The molecule has 19 heavy (non-hydrogen) atoms. The van der Waals surface area contributed by atoms with E-state index in [1.54, 1.807) is 23.9 Å². The summed E-state index contributed by atoms with van der Waals surface area (Å²) in [5, 5.41) is 4.34. The molecule has 0 spiro atoms. The number of halogens is 1. The summed E-state index contributed by atoms with van der Waals surface area (Å²) < 4.78 is 7.85. The maximum Gasteiger partial charge on any atom is 0.187 e. The van der Waals surface area contributed by atoms with Crippen LogP contribution in [-0.2, 0) is 6.54 Å². The number of ketones is 1. The third-order valence-electron chi connectivity index (χ3n) is 2.99. The zero-order valence-electron chi connectivity index (χ0n) is 11.1. The Bertz CT molecular complexity index is 620. The van der Waals surface area contributed by atoms with Crippen LogP contribution in [0, 0.1) is 13.8 Å². The molecule has 0 aliphatic carbocycles. The summed E-state index contributed by atoms with van der Waals surface area (Å²) in [6, 6.07) is 7.22. The van der Waals surface area contributed by atoms with Gasteiger partial charge < -0.3 is 4.74 Å². The lowest BCUT2D eigenvalue weighted by molar-refractivity contribution is 0.0963. The summed E-state index contributed by atoms with van der Waals surface area (Å²) in [5.74, 6) is 0.573. The Kier molecular flexibility index (Phi) is 4.04. The number of hydrogen-bond donors (Lipinski definition) is 0. The lowest BCUT2D eigenvalue weighted by Gasteiger charge is -2.08. The van der Waals surface area contributed by atoms with Gasteiger partial charge >= 0.3 is 0 Å². The fourth-order valence-corrected chi connectivity index (χ4v) is 2.21. The zero-order valence-corrected chi connectivity index (χ0v) is 12.7. The van der Waals surface area contributed by atoms with E-state index in [0.717, 1.165) is 15.9 Å². The number of aryl methyl sites for hydroxylation is 1. The predicted molar refractivity (Wildman–Crippen MR) is 76.7 cm³/mol. The van der Waals surface area contributed by atoms with Gasteiger partial charge in [0.15, 0.2) is 5.78 Å². The summed E-state index contributed by atoms with van der Waals surface area (Å²) in [7, 11) is 1.56. The summed E-state index contributed by atoms with van der Waals surface area (Å²) in [5.41, 5.74) is 2.40. The van der Waals surface area contributed by atoms with E-state index in [4.69, 9.17) is 4.74 Å². The molecule has 0 saturated carbocycles. The van der Waals surface area contributed by atoms with Gasteiger partial charge in [0.05, 0.1) is 28.5 Å². The van der Waals surface area contributed by atoms with Gasteiger partial charge in [0.2, 0.25) is 0 Å². The van der Waals surface area contributed by atoms with E-state index < -0.39 is 0 Å². The van der Waals surface area contributed by atoms with Gasteiger partial charge in [-0.05, 0) is 41.9 Å². The van der Waals surface area contributed by atoms with Crippen molar-refractivity contribution in [3.63, 3.8) is 0 Å².